The molecule has 1 aromatic carbocycles. The summed E-state index contributed by atoms with van der Waals surface area (Å²) in [7, 11) is 0. The lowest BCUT2D eigenvalue weighted by atomic mass is 10.0. The van der Waals surface area contributed by atoms with Crippen molar-refractivity contribution < 1.29 is 19.5 Å². The highest BCUT2D eigenvalue weighted by Crippen LogP contribution is 2.09. The first-order chi connectivity index (χ1) is 9.54. The van der Waals surface area contributed by atoms with E-state index in [9.17, 15) is 14.4 Å². The van der Waals surface area contributed by atoms with Gasteiger partial charge in [-0.1, -0.05) is 18.2 Å². The summed E-state index contributed by atoms with van der Waals surface area (Å²) in [5.41, 5.74) is 0.571. The molecule has 6 nitrogen and oxygen atoms in total. The third kappa shape index (κ3) is 5.09. The van der Waals surface area contributed by atoms with Crippen LogP contribution in [0.5, 0.6) is 0 Å². The molecule has 0 unspecified atom stereocenters. The van der Waals surface area contributed by atoms with Gasteiger partial charge in [-0.3, -0.25) is 9.59 Å². The number of carboxylic acid groups (broad SMARTS) is 1. The first-order valence-electron chi connectivity index (χ1n) is 6.39. The number of carbonyl (C=O) groups excluding carboxylic acids is 2. The molecule has 1 rings (SSSR count). The number of carbonyl (C=O) groups is 3. The SMILES string of the molecule is CCNC(=O)CCNC(=O)Cc1ccccc1C(=O)O. The zero-order chi connectivity index (χ0) is 15.0. The minimum absolute atomic E-state index is 0.0160. The number of benzene rings is 1. The van der Waals surface area contributed by atoms with Gasteiger partial charge in [0, 0.05) is 19.5 Å². The third-order valence-corrected chi connectivity index (χ3v) is 2.65. The fourth-order valence-electron chi connectivity index (χ4n) is 1.72. The number of hydrogen-bond acceptors (Lipinski definition) is 3. The van der Waals surface area contributed by atoms with Crippen LogP contribution < -0.4 is 10.6 Å². The molecule has 0 aliphatic heterocycles. The van der Waals surface area contributed by atoms with Crippen LogP contribution in [0.2, 0.25) is 0 Å². The smallest absolute Gasteiger partial charge is 0.335 e. The molecule has 20 heavy (non-hydrogen) atoms. The molecule has 0 fully saturated rings. The minimum atomic E-state index is -1.06. The van der Waals surface area contributed by atoms with E-state index in [1.165, 1.54) is 6.07 Å². The van der Waals surface area contributed by atoms with E-state index in [2.05, 4.69) is 10.6 Å². The minimum Gasteiger partial charge on any atom is -0.478 e. The highest BCUT2D eigenvalue weighted by Gasteiger charge is 2.12. The molecule has 3 N–H and O–H groups in total. The predicted octanol–water partition coefficient (Wildman–Crippen LogP) is 0.570. The van der Waals surface area contributed by atoms with Crippen molar-refractivity contribution in [2.45, 2.75) is 19.8 Å². The predicted molar refractivity (Wildman–Crippen MR) is 73.4 cm³/mol. The highest BCUT2D eigenvalue weighted by atomic mass is 16.4. The van der Waals surface area contributed by atoms with Crippen LogP contribution in [0.4, 0.5) is 0 Å². The van der Waals surface area contributed by atoms with E-state index in [0.29, 0.717) is 12.1 Å². The highest BCUT2D eigenvalue weighted by molar-refractivity contribution is 5.91. The molecule has 108 valence electrons. The second-order valence-electron chi connectivity index (χ2n) is 4.19. The summed E-state index contributed by atoms with van der Waals surface area (Å²) in [6, 6.07) is 6.36. The van der Waals surface area contributed by atoms with E-state index < -0.39 is 5.97 Å². The molecule has 1 aromatic rings. The first-order valence-corrected chi connectivity index (χ1v) is 6.39. The van der Waals surface area contributed by atoms with Crippen molar-refractivity contribution in [3.05, 3.63) is 35.4 Å². The Morgan fingerprint density at radius 2 is 1.80 bits per heavy atom. The Labute approximate surface area is 117 Å². The van der Waals surface area contributed by atoms with Crippen LogP contribution in [0.1, 0.15) is 29.3 Å². The summed E-state index contributed by atoms with van der Waals surface area (Å²) in [5, 5.41) is 14.2. The molecule has 0 spiro atoms. The number of amides is 2. The maximum atomic E-state index is 11.7. The lowest BCUT2D eigenvalue weighted by Crippen LogP contribution is -2.31. The fraction of sp³-hybridized carbons (Fsp3) is 0.357. The lowest BCUT2D eigenvalue weighted by Gasteiger charge is -2.07. The summed E-state index contributed by atoms with van der Waals surface area (Å²) in [5.74, 6) is -1.49. The van der Waals surface area contributed by atoms with Gasteiger partial charge in [-0.2, -0.15) is 0 Å². The van der Waals surface area contributed by atoms with Crippen LogP contribution in [0, 0.1) is 0 Å². The number of rotatable bonds is 7. The molecular formula is C14H18N2O4. The van der Waals surface area contributed by atoms with Gasteiger partial charge in [-0.05, 0) is 18.6 Å². The molecule has 6 heteroatoms. The van der Waals surface area contributed by atoms with Gasteiger partial charge in [0.25, 0.3) is 0 Å². The Hall–Kier alpha value is -2.37. The maximum Gasteiger partial charge on any atom is 0.335 e. The van der Waals surface area contributed by atoms with Crippen molar-refractivity contribution in [2.24, 2.45) is 0 Å². The molecule has 0 aliphatic rings. The van der Waals surface area contributed by atoms with Crippen molar-refractivity contribution in [3.63, 3.8) is 0 Å². The van der Waals surface area contributed by atoms with E-state index in [-0.39, 0.29) is 36.8 Å². The number of aromatic carboxylic acids is 1. The van der Waals surface area contributed by atoms with Crippen molar-refractivity contribution in [1.29, 1.82) is 0 Å². The molecule has 2 amide bonds. The Balaban J connectivity index is 2.47. The van der Waals surface area contributed by atoms with E-state index in [1.54, 1.807) is 18.2 Å². The monoisotopic (exact) mass is 278 g/mol. The van der Waals surface area contributed by atoms with Gasteiger partial charge in [0.2, 0.25) is 11.8 Å². The topological polar surface area (TPSA) is 95.5 Å². The van der Waals surface area contributed by atoms with E-state index in [4.69, 9.17) is 5.11 Å². The summed E-state index contributed by atoms with van der Waals surface area (Å²) in [6.07, 6.45) is 0.192. The van der Waals surface area contributed by atoms with Crippen molar-refractivity contribution in [3.8, 4) is 0 Å². The maximum absolute atomic E-state index is 11.7. The molecule has 0 saturated heterocycles. The van der Waals surface area contributed by atoms with E-state index in [0.717, 1.165) is 0 Å². The average molecular weight is 278 g/mol. The van der Waals surface area contributed by atoms with Crippen molar-refractivity contribution in [2.75, 3.05) is 13.1 Å². The van der Waals surface area contributed by atoms with E-state index in [1.807, 2.05) is 6.92 Å². The van der Waals surface area contributed by atoms with Gasteiger partial charge in [-0.25, -0.2) is 4.79 Å². The number of hydrogen-bond donors (Lipinski definition) is 3. The Morgan fingerprint density at radius 3 is 2.45 bits per heavy atom. The second-order valence-corrected chi connectivity index (χ2v) is 4.19. The molecule has 0 atom stereocenters. The summed E-state index contributed by atoms with van der Waals surface area (Å²) in [6.45, 7) is 2.61. The zero-order valence-corrected chi connectivity index (χ0v) is 11.3. The Bertz CT molecular complexity index is 500. The quantitative estimate of drug-likeness (QED) is 0.679. The average Bonchev–Trinajstić information content (AvgIpc) is 2.39. The zero-order valence-electron chi connectivity index (χ0n) is 11.3. The fourth-order valence-corrected chi connectivity index (χ4v) is 1.72. The van der Waals surface area contributed by atoms with Crippen molar-refractivity contribution >= 4 is 17.8 Å². The van der Waals surface area contributed by atoms with Crippen LogP contribution in [0.15, 0.2) is 24.3 Å². The van der Waals surface area contributed by atoms with Crippen LogP contribution in [-0.2, 0) is 16.0 Å². The molecule has 0 bridgehead atoms. The molecule has 0 saturated carbocycles. The summed E-state index contributed by atoms with van der Waals surface area (Å²) >= 11 is 0. The van der Waals surface area contributed by atoms with Gasteiger partial charge in [0.05, 0.1) is 12.0 Å². The van der Waals surface area contributed by atoms with Gasteiger partial charge in [0.15, 0.2) is 0 Å². The Kier molecular flexibility index (Phi) is 6.22. The van der Waals surface area contributed by atoms with Gasteiger partial charge in [0.1, 0.15) is 0 Å². The largest absolute Gasteiger partial charge is 0.478 e. The van der Waals surface area contributed by atoms with Crippen LogP contribution in [0.3, 0.4) is 0 Å². The standard InChI is InChI=1S/C14H18N2O4/c1-2-15-12(17)7-8-16-13(18)9-10-5-3-4-6-11(10)14(19)20/h3-6H,2,7-9H2,1H3,(H,15,17)(H,16,18)(H,19,20). The van der Waals surface area contributed by atoms with Gasteiger partial charge in [-0.15, -0.1) is 0 Å². The number of nitrogens with one attached hydrogen (secondary N) is 2. The van der Waals surface area contributed by atoms with Gasteiger partial charge >= 0.3 is 5.97 Å². The Morgan fingerprint density at radius 1 is 1.10 bits per heavy atom. The third-order valence-electron chi connectivity index (χ3n) is 2.65. The molecule has 0 radical (unpaired) electrons. The molecular weight excluding hydrogens is 260 g/mol. The van der Waals surface area contributed by atoms with Crippen molar-refractivity contribution in [1.82, 2.24) is 10.6 Å². The van der Waals surface area contributed by atoms with Crippen LogP contribution in [0.25, 0.3) is 0 Å². The lowest BCUT2D eigenvalue weighted by molar-refractivity contribution is -0.121. The normalized spacial score (nSPS) is 9.85. The number of carboxylic acids is 1. The summed E-state index contributed by atoms with van der Waals surface area (Å²) in [4.78, 5) is 33.9. The van der Waals surface area contributed by atoms with Crippen LogP contribution >= 0.6 is 0 Å². The first kappa shape index (κ1) is 15.7. The van der Waals surface area contributed by atoms with Gasteiger partial charge < -0.3 is 15.7 Å². The molecule has 0 heterocycles. The molecule has 0 aliphatic carbocycles. The molecule has 0 aromatic heterocycles. The van der Waals surface area contributed by atoms with E-state index >= 15 is 0 Å². The summed E-state index contributed by atoms with van der Waals surface area (Å²) < 4.78 is 0. The second kappa shape index (κ2) is 7.93. The van der Waals surface area contributed by atoms with Crippen LogP contribution in [-0.4, -0.2) is 36.0 Å².